The lowest BCUT2D eigenvalue weighted by molar-refractivity contribution is -0.122. The first kappa shape index (κ1) is 16.0. The maximum absolute atomic E-state index is 12.2. The van der Waals surface area contributed by atoms with Gasteiger partial charge in [0.05, 0.1) is 16.8 Å². The number of hydrogen-bond acceptors (Lipinski definition) is 4. The van der Waals surface area contributed by atoms with Crippen molar-refractivity contribution in [2.24, 2.45) is 5.73 Å². The molecule has 0 heterocycles. The zero-order chi connectivity index (χ0) is 16.8. The van der Waals surface area contributed by atoms with E-state index in [0.29, 0.717) is 11.3 Å². The first-order chi connectivity index (χ1) is 11.0. The first-order valence-electron chi connectivity index (χ1n) is 6.88. The number of carbonyl (C=O) groups excluding carboxylic acids is 2. The molecule has 0 unspecified atom stereocenters. The number of anilines is 1. The van der Waals surface area contributed by atoms with Crippen LogP contribution in [0, 0.1) is 11.3 Å². The molecule has 6 heteroatoms. The Morgan fingerprint density at radius 2 is 1.83 bits per heavy atom. The fraction of sp³-hybridized carbons (Fsp3) is 0.118. The van der Waals surface area contributed by atoms with Crippen LogP contribution in [0.2, 0.25) is 0 Å². The van der Waals surface area contributed by atoms with Gasteiger partial charge >= 0.3 is 0 Å². The van der Waals surface area contributed by atoms with Gasteiger partial charge < -0.3 is 15.8 Å². The van der Waals surface area contributed by atoms with E-state index < -0.39 is 17.9 Å². The summed E-state index contributed by atoms with van der Waals surface area (Å²) in [5, 5.41) is 11.6. The molecule has 0 spiro atoms. The van der Waals surface area contributed by atoms with Crippen molar-refractivity contribution in [3.8, 4) is 11.8 Å². The third kappa shape index (κ3) is 3.86. The van der Waals surface area contributed by atoms with Crippen LogP contribution in [0.4, 0.5) is 5.69 Å². The summed E-state index contributed by atoms with van der Waals surface area (Å²) >= 11 is 0. The molecule has 0 aromatic heterocycles. The minimum Gasteiger partial charge on any atom is -0.480 e. The molecule has 0 saturated carbocycles. The topological polar surface area (TPSA) is 105 Å². The fourth-order valence-electron chi connectivity index (χ4n) is 1.94. The van der Waals surface area contributed by atoms with Crippen molar-refractivity contribution in [2.45, 2.75) is 13.0 Å². The summed E-state index contributed by atoms with van der Waals surface area (Å²) in [7, 11) is 0. The van der Waals surface area contributed by atoms with Gasteiger partial charge in [0, 0.05) is 0 Å². The van der Waals surface area contributed by atoms with E-state index in [1.807, 2.05) is 6.07 Å². The zero-order valence-electron chi connectivity index (χ0n) is 12.4. The number of nitrogens with two attached hydrogens (primary N) is 1. The lowest BCUT2D eigenvalue weighted by atomic mass is 10.2. The number of primary amides is 1. The van der Waals surface area contributed by atoms with Crippen LogP contribution in [-0.4, -0.2) is 17.9 Å². The van der Waals surface area contributed by atoms with Gasteiger partial charge in [0.25, 0.3) is 11.8 Å². The van der Waals surface area contributed by atoms with Gasteiger partial charge in [-0.05, 0) is 31.2 Å². The third-order valence-corrected chi connectivity index (χ3v) is 3.13. The van der Waals surface area contributed by atoms with E-state index in [1.54, 1.807) is 49.4 Å². The molecule has 0 fully saturated rings. The lowest BCUT2D eigenvalue weighted by Crippen LogP contribution is -2.31. The van der Waals surface area contributed by atoms with E-state index in [2.05, 4.69) is 5.32 Å². The second-order valence-corrected chi connectivity index (χ2v) is 4.77. The summed E-state index contributed by atoms with van der Waals surface area (Å²) in [6.07, 6.45) is -0.873. The number of rotatable bonds is 5. The SMILES string of the molecule is C[C@@H](Oc1ccccc1C(N)=O)C(=O)Nc1ccccc1C#N. The Morgan fingerprint density at radius 1 is 1.17 bits per heavy atom. The summed E-state index contributed by atoms with van der Waals surface area (Å²) in [5.41, 5.74) is 6.22. The second kappa shape index (κ2) is 7.09. The Morgan fingerprint density at radius 3 is 2.52 bits per heavy atom. The van der Waals surface area contributed by atoms with E-state index in [1.165, 1.54) is 6.07 Å². The minimum absolute atomic E-state index is 0.199. The van der Waals surface area contributed by atoms with Crippen molar-refractivity contribution in [3.63, 3.8) is 0 Å². The van der Waals surface area contributed by atoms with Crippen LogP contribution in [0.25, 0.3) is 0 Å². The van der Waals surface area contributed by atoms with Crippen LogP contribution in [-0.2, 0) is 4.79 Å². The monoisotopic (exact) mass is 309 g/mol. The number of ether oxygens (including phenoxy) is 1. The molecule has 0 aliphatic heterocycles. The highest BCUT2D eigenvalue weighted by molar-refractivity contribution is 5.97. The number of nitrogens with zero attached hydrogens (tertiary/aromatic N) is 1. The van der Waals surface area contributed by atoms with E-state index in [4.69, 9.17) is 15.7 Å². The van der Waals surface area contributed by atoms with Crippen LogP contribution in [0.1, 0.15) is 22.8 Å². The Bertz CT molecular complexity index is 781. The molecule has 3 N–H and O–H groups in total. The van der Waals surface area contributed by atoms with Crippen molar-refractivity contribution in [3.05, 3.63) is 59.7 Å². The molecule has 1 atom stereocenters. The predicted octanol–water partition coefficient (Wildman–Crippen LogP) is 2.06. The molecule has 0 aliphatic carbocycles. The molecule has 2 amide bonds. The van der Waals surface area contributed by atoms with Gasteiger partial charge in [0.2, 0.25) is 0 Å². The van der Waals surface area contributed by atoms with Crippen molar-refractivity contribution in [1.82, 2.24) is 0 Å². The van der Waals surface area contributed by atoms with Crippen LogP contribution < -0.4 is 15.8 Å². The van der Waals surface area contributed by atoms with Crippen molar-refractivity contribution < 1.29 is 14.3 Å². The molecule has 23 heavy (non-hydrogen) atoms. The van der Waals surface area contributed by atoms with Crippen molar-refractivity contribution in [2.75, 3.05) is 5.32 Å². The van der Waals surface area contributed by atoms with E-state index in [0.717, 1.165) is 0 Å². The zero-order valence-corrected chi connectivity index (χ0v) is 12.4. The first-order valence-corrected chi connectivity index (χ1v) is 6.88. The highest BCUT2D eigenvalue weighted by atomic mass is 16.5. The average Bonchev–Trinajstić information content (AvgIpc) is 2.55. The maximum Gasteiger partial charge on any atom is 0.265 e. The van der Waals surface area contributed by atoms with Gasteiger partial charge in [-0.1, -0.05) is 24.3 Å². The molecule has 116 valence electrons. The Hall–Kier alpha value is -3.33. The Labute approximate surface area is 133 Å². The number of nitriles is 1. The normalized spacial score (nSPS) is 11.1. The summed E-state index contributed by atoms with van der Waals surface area (Å²) in [4.78, 5) is 23.6. The molecule has 0 saturated heterocycles. The van der Waals surface area contributed by atoms with Gasteiger partial charge in [-0.2, -0.15) is 5.26 Å². The largest absolute Gasteiger partial charge is 0.480 e. The highest BCUT2D eigenvalue weighted by Crippen LogP contribution is 2.20. The Balaban J connectivity index is 2.12. The number of para-hydroxylation sites is 2. The summed E-state index contributed by atoms with van der Waals surface area (Å²) in [6.45, 7) is 1.54. The second-order valence-electron chi connectivity index (χ2n) is 4.77. The standard InChI is InChI=1S/C17H15N3O3/c1-11(23-15-9-5-3-7-13(15)16(19)21)17(22)20-14-8-4-2-6-12(14)10-18/h2-9,11H,1H3,(H2,19,21)(H,20,22)/t11-/m1/s1. The number of benzene rings is 2. The maximum atomic E-state index is 12.2. The van der Waals surface area contributed by atoms with Gasteiger partial charge in [-0.3, -0.25) is 9.59 Å². The van der Waals surface area contributed by atoms with E-state index in [-0.39, 0.29) is 11.3 Å². The minimum atomic E-state index is -0.873. The molecule has 2 aromatic carbocycles. The number of carbonyl (C=O) groups is 2. The quantitative estimate of drug-likeness (QED) is 0.881. The molecule has 2 rings (SSSR count). The molecular formula is C17H15N3O3. The molecule has 6 nitrogen and oxygen atoms in total. The summed E-state index contributed by atoms with van der Waals surface area (Å²) in [6, 6.07) is 15.1. The van der Waals surface area contributed by atoms with Gasteiger partial charge in [-0.15, -0.1) is 0 Å². The van der Waals surface area contributed by atoms with Gasteiger partial charge in [0.15, 0.2) is 6.10 Å². The number of nitrogens with one attached hydrogen (secondary N) is 1. The molecule has 0 aliphatic rings. The molecule has 2 aromatic rings. The molecular weight excluding hydrogens is 294 g/mol. The molecule has 0 bridgehead atoms. The van der Waals surface area contributed by atoms with Crippen molar-refractivity contribution >= 4 is 17.5 Å². The third-order valence-electron chi connectivity index (χ3n) is 3.13. The van der Waals surface area contributed by atoms with Crippen LogP contribution >= 0.6 is 0 Å². The predicted molar refractivity (Wildman–Crippen MR) is 84.8 cm³/mol. The molecule has 0 radical (unpaired) electrons. The Kier molecular flexibility index (Phi) is 4.95. The average molecular weight is 309 g/mol. The summed E-state index contributed by atoms with van der Waals surface area (Å²) < 4.78 is 5.52. The lowest BCUT2D eigenvalue weighted by Gasteiger charge is -2.16. The van der Waals surface area contributed by atoms with Crippen LogP contribution in [0.3, 0.4) is 0 Å². The van der Waals surface area contributed by atoms with Crippen LogP contribution in [0.5, 0.6) is 5.75 Å². The van der Waals surface area contributed by atoms with E-state index in [9.17, 15) is 9.59 Å². The van der Waals surface area contributed by atoms with Crippen LogP contribution in [0.15, 0.2) is 48.5 Å². The summed E-state index contributed by atoms with van der Waals surface area (Å²) in [5.74, 6) is -0.841. The van der Waals surface area contributed by atoms with Gasteiger partial charge in [-0.25, -0.2) is 0 Å². The fourth-order valence-corrected chi connectivity index (χ4v) is 1.94. The van der Waals surface area contributed by atoms with Gasteiger partial charge in [0.1, 0.15) is 11.8 Å². The number of hydrogen-bond donors (Lipinski definition) is 2. The van der Waals surface area contributed by atoms with Crippen molar-refractivity contribution in [1.29, 1.82) is 5.26 Å². The highest BCUT2D eigenvalue weighted by Gasteiger charge is 2.18. The van der Waals surface area contributed by atoms with E-state index >= 15 is 0 Å². The number of amides is 2. The smallest absolute Gasteiger partial charge is 0.265 e.